The van der Waals surface area contributed by atoms with Crippen LogP contribution in [0.1, 0.15) is 52.5 Å². The van der Waals surface area contributed by atoms with Crippen LogP contribution in [0.25, 0.3) is 16.3 Å². The van der Waals surface area contributed by atoms with Gasteiger partial charge >= 0.3 is 5.97 Å². The summed E-state index contributed by atoms with van der Waals surface area (Å²) >= 11 is 0. The monoisotopic (exact) mass is 428 g/mol. The first-order valence-corrected chi connectivity index (χ1v) is 10.6. The molecule has 3 N–H and O–H groups in total. The molecule has 32 heavy (non-hydrogen) atoms. The summed E-state index contributed by atoms with van der Waals surface area (Å²) in [5, 5.41) is 17.2. The lowest BCUT2D eigenvalue weighted by Crippen LogP contribution is -2.39. The van der Waals surface area contributed by atoms with Crippen LogP contribution in [0, 0.1) is 0 Å². The Labute approximate surface area is 186 Å². The third kappa shape index (κ3) is 4.70. The Balaban J connectivity index is 1.55. The van der Waals surface area contributed by atoms with Crippen LogP contribution >= 0.6 is 0 Å². The molecule has 0 spiro atoms. The van der Waals surface area contributed by atoms with Crippen molar-refractivity contribution in [3.63, 3.8) is 0 Å². The summed E-state index contributed by atoms with van der Waals surface area (Å²) in [4.78, 5) is 36.7. The summed E-state index contributed by atoms with van der Waals surface area (Å²) in [5.41, 5.74) is 1.96. The number of benzene rings is 3. The number of anilines is 1. The number of nitrogens with one attached hydrogen (secondary N) is 2. The van der Waals surface area contributed by atoms with Crippen molar-refractivity contribution in [2.24, 2.45) is 0 Å². The standard InChI is InChI=1S/C26H24N2O4/c1-16(18-10-9-17-5-2-3-6-19(17)14-18)13-24(29)28-23-15-20(11-12-22(23)26(31)32)25(30)27-21-7-4-8-21/h2-3,5-6,9-15,21H,4,7-8H2,1H3,(H,27,30)(H,28,29)(H,31,32). The molecule has 6 heteroatoms. The van der Waals surface area contributed by atoms with E-state index in [1.165, 1.54) is 24.3 Å². The zero-order valence-corrected chi connectivity index (χ0v) is 17.7. The Morgan fingerprint density at radius 3 is 2.34 bits per heavy atom. The molecule has 0 heterocycles. The van der Waals surface area contributed by atoms with Crippen LogP contribution in [0.3, 0.4) is 0 Å². The average Bonchev–Trinajstić information content (AvgIpc) is 2.75. The lowest BCUT2D eigenvalue weighted by atomic mass is 9.93. The smallest absolute Gasteiger partial charge is 0.337 e. The van der Waals surface area contributed by atoms with E-state index in [2.05, 4.69) is 10.6 Å². The van der Waals surface area contributed by atoms with Crippen molar-refractivity contribution in [2.45, 2.75) is 32.2 Å². The summed E-state index contributed by atoms with van der Waals surface area (Å²) in [6.07, 6.45) is 4.41. The minimum absolute atomic E-state index is 0.0738. The highest BCUT2D eigenvalue weighted by atomic mass is 16.4. The maximum absolute atomic E-state index is 12.7. The molecule has 2 amide bonds. The zero-order valence-electron chi connectivity index (χ0n) is 17.7. The molecule has 3 aromatic carbocycles. The van der Waals surface area contributed by atoms with Crippen molar-refractivity contribution in [1.82, 2.24) is 5.32 Å². The maximum Gasteiger partial charge on any atom is 0.337 e. The number of carboxylic acid groups (broad SMARTS) is 1. The fraction of sp³-hybridized carbons (Fsp3) is 0.192. The molecule has 4 rings (SSSR count). The van der Waals surface area contributed by atoms with Crippen molar-refractivity contribution in [3.8, 4) is 0 Å². The number of allylic oxidation sites excluding steroid dienone is 1. The summed E-state index contributed by atoms with van der Waals surface area (Å²) in [6.45, 7) is 1.82. The fourth-order valence-corrected chi connectivity index (χ4v) is 3.68. The lowest BCUT2D eigenvalue weighted by Gasteiger charge is -2.26. The van der Waals surface area contributed by atoms with Gasteiger partial charge in [-0.05, 0) is 72.4 Å². The molecule has 3 aromatic rings. The number of carbonyl (C=O) groups is 3. The van der Waals surface area contributed by atoms with E-state index in [0.717, 1.165) is 41.2 Å². The predicted molar refractivity (Wildman–Crippen MR) is 125 cm³/mol. The van der Waals surface area contributed by atoms with Gasteiger partial charge < -0.3 is 15.7 Å². The van der Waals surface area contributed by atoms with Crippen LogP contribution in [-0.2, 0) is 4.79 Å². The molecule has 0 bridgehead atoms. The van der Waals surface area contributed by atoms with Crippen molar-refractivity contribution in [3.05, 3.63) is 83.4 Å². The van der Waals surface area contributed by atoms with E-state index >= 15 is 0 Å². The highest BCUT2D eigenvalue weighted by Crippen LogP contribution is 2.23. The Hall–Kier alpha value is -3.93. The molecule has 1 fully saturated rings. The minimum Gasteiger partial charge on any atom is -0.478 e. The third-order valence-corrected chi connectivity index (χ3v) is 5.76. The number of hydrogen-bond donors (Lipinski definition) is 3. The van der Waals surface area contributed by atoms with E-state index in [1.54, 1.807) is 0 Å². The number of carbonyl (C=O) groups excluding carboxylic acids is 2. The number of fused-ring (bicyclic) bond motifs is 1. The largest absolute Gasteiger partial charge is 0.478 e. The van der Waals surface area contributed by atoms with Crippen LogP contribution in [0.15, 0.2) is 66.7 Å². The molecule has 0 saturated heterocycles. The van der Waals surface area contributed by atoms with Gasteiger partial charge in [-0.1, -0.05) is 36.4 Å². The van der Waals surface area contributed by atoms with Gasteiger partial charge in [-0.2, -0.15) is 0 Å². The lowest BCUT2D eigenvalue weighted by molar-refractivity contribution is -0.111. The van der Waals surface area contributed by atoms with Gasteiger partial charge in [0.25, 0.3) is 5.91 Å². The van der Waals surface area contributed by atoms with Crippen LogP contribution in [-0.4, -0.2) is 28.9 Å². The number of carboxylic acids is 1. The van der Waals surface area contributed by atoms with Crippen LogP contribution in [0.5, 0.6) is 0 Å². The maximum atomic E-state index is 12.7. The highest BCUT2D eigenvalue weighted by molar-refractivity contribution is 6.08. The Bertz CT molecular complexity index is 1240. The van der Waals surface area contributed by atoms with Gasteiger partial charge in [-0.25, -0.2) is 4.79 Å². The van der Waals surface area contributed by atoms with Crippen molar-refractivity contribution in [2.75, 3.05) is 5.32 Å². The summed E-state index contributed by atoms with van der Waals surface area (Å²) in [6, 6.07) is 18.3. The molecular weight excluding hydrogens is 404 g/mol. The fourth-order valence-electron chi connectivity index (χ4n) is 3.68. The van der Waals surface area contributed by atoms with Gasteiger partial charge in [0.1, 0.15) is 0 Å². The summed E-state index contributed by atoms with van der Waals surface area (Å²) < 4.78 is 0. The van der Waals surface area contributed by atoms with Crippen molar-refractivity contribution < 1.29 is 19.5 Å². The van der Waals surface area contributed by atoms with Crippen LogP contribution < -0.4 is 10.6 Å². The van der Waals surface area contributed by atoms with Crippen molar-refractivity contribution in [1.29, 1.82) is 0 Å². The number of amides is 2. The molecule has 0 aromatic heterocycles. The predicted octanol–water partition coefficient (Wildman–Crippen LogP) is 4.86. The first-order valence-electron chi connectivity index (χ1n) is 10.6. The summed E-state index contributed by atoms with van der Waals surface area (Å²) in [7, 11) is 0. The molecule has 0 unspecified atom stereocenters. The van der Waals surface area contributed by atoms with E-state index in [0.29, 0.717) is 5.56 Å². The highest BCUT2D eigenvalue weighted by Gasteiger charge is 2.21. The number of rotatable bonds is 6. The molecule has 1 aliphatic rings. The minimum atomic E-state index is -1.18. The Morgan fingerprint density at radius 1 is 0.938 bits per heavy atom. The molecule has 1 aliphatic carbocycles. The molecule has 0 radical (unpaired) electrons. The van der Waals surface area contributed by atoms with Gasteiger partial charge in [-0.15, -0.1) is 0 Å². The van der Waals surface area contributed by atoms with Gasteiger partial charge in [-0.3, -0.25) is 9.59 Å². The summed E-state index contributed by atoms with van der Waals surface area (Å²) in [5.74, 6) is -1.92. The van der Waals surface area contributed by atoms with E-state index in [4.69, 9.17) is 0 Å². The average molecular weight is 428 g/mol. The Morgan fingerprint density at radius 2 is 1.66 bits per heavy atom. The van der Waals surface area contributed by atoms with E-state index in [9.17, 15) is 19.5 Å². The van der Waals surface area contributed by atoms with Gasteiger partial charge in [0.15, 0.2) is 0 Å². The first kappa shape index (κ1) is 21.3. The van der Waals surface area contributed by atoms with Gasteiger partial charge in [0.2, 0.25) is 5.91 Å². The topological polar surface area (TPSA) is 95.5 Å². The molecule has 0 aliphatic heterocycles. The van der Waals surface area contributed by atoms with Gasteiger partial charge in [0, 0.05) is 17.7 Å². The second-order valence-electron chi connectivity index (χ2n) is 8.05. The van der Waals surface area contributed by atoms with E-state index in [1.807, 2.05) is 49.4 Å². The second-order valence-corrected chi connectivity index (χ2v) is 8.05. The normalized spacial score (nSPS) is 14.0. The second kappa shape index (κ2) is 9.06. The van der Waals surface area contributed by atoms with Crippen LogP contribution in [0.4, 0.5) is 5.69 Å². The van der Waals surface area contributed by atoms with E-state index in [-0.39, 0.29) is 23.2 Å². The molecule has 6 nitrogen and oxygen atoms in total. The number of aromatic carboxylic acids is 1. The molecule has 1 saturated carbocycles. The molecule has 162 valence electrons. The van der Waals surface area contributed by atoms with Crippen molar-refractivity contribution >= 4 is 39.8 Å². The SMILES string of the molecule is CC(=CC(=O)Nc1cc(C(=O)NC2CCC2)ccc1C(=O)O)c1ccc2ccccc2c1. The molecular formula is C26H24N2O4. The Kier molecular flexibility index (Phi) is 6.03. The number of hydrogen-bond acceptors (Lipinski definition) is 3. The van der Waals surface area contributed by atoms with Crippen LogP contribution in [0.2, 0.25) is 0 Å². The molecule has 0 atom stereocenters. The third-order valence-electron chi connectivity index (χ3n) is 5.76. The zero-order chi connectivity index (χ0) is 22.7. The van der Waals surface area contributed by atoms with Gasteiger partial charge in [0.05, 0.1) is 11.3 Å². The van der Waals surface area contributed by atoms with E-state index < -0.39 is 11.9 Å². The quantitative estimate of drug-likeness (QED) is 0.489. The first-order chi connectivity index (χ1) is 15.4.